The molecule has 1 aromatic heterocycles. The Balaban J connectivity index is 2.52. The second kappa shape index (κ2) is 6.15. The molecule has 0 amide bonds. The van der Waals surface area contributed by atoms with Crippen molar-refractivity contribution < 1.29 is 29.6 Å². The topological polar surface area (TPSA) is 128 Å². The van der Waals surface area contributed by atoms with Gasteiger partial charge >= 0.3 is 0 Å². The Kier molecular flexibility index (Phi) is 4.28. The van der Waals surface area contributed by atoms with Crippen LogP contribution >= 0.6 is 0 Å². The van der Waals surface area contributed by atoms with Gasteiger partial charge in [0.05, 0.1) is 0 Å². The smallest absolute Gasteiger partial charge is 0.270 e. The van der Waals surface area contributed by atoms with Crippen LogP contribution < -0.4 is 5.43 Å². The van der Waals surface area contributed by atoms with Crippen LogP contribution in [0.4, 0.5) is 0 Å². The molecule has 22 heavy (non-hydrogen) atoms. The van der Waals surface area contributed by atoms with Gasteiger partial charge in [0.15, 0.2) is 5.76 Å². The Hall–Kier alpha value is -3.06. The van der Waals surface area contributed by atoms with E-state index in [1.54, 1.807) is 18.2 Å². The van der Waals surface area contributed by atoms with E-state index < -0.39 is 40.8 Å². The minimum atomic E-state index is -1.29. The van der Waals surface area contributed by atoms with Crippen molar-refractivity contribution in [2.75, 3.05) is 0 Å². The zero-order chi connectivity index (χ0) is 16.3. The fourth-order valence-electron chi connectivity index (χ4n) is 1.71. The molecule has 7 nitrogen and oxygen atoms in total. The fourth-order valence-corrected chi connectivity index (χ4v) is 1.71. The average Bonchev–Trinajstić information content (AvgIpc) is 2.56. The molecule has 0 fully saturated rings. The van der Waals surface area contributed by atoms with Crippen molar-refractivity contribution in [2.45, 2.75) is 6.61 Å². The zero-order valence-electron chi connectivity index (χ0n) is 11.2. The van der Waals surface area contributed by atoms with Crippen molar-refractivity contribution in [3.05, 3.63) is 69.5 Å². The third kappa shape index (κ3) is 2.84. The number of aromatic hydroxyl groups is 1. The van der Waals surface area contributed by atoms with Gasteiger partial charge in [-0.1, -0.05) is 30.3 Å². The lowest BCUT2D eigenvalue weighted by Gasteiger charge is -2.06. The number of rotatable bonds is 4. The lowest BCUT2D eigenvalue weighted by Crippen LogP contribution is -2.12. The van der Waals surface area contributed by atoms with Crippen molar-refractivity contribution >= 4 is 11.5 Å². The predicted octanol–water partition coefficient (Wildman–Crippen LogP) is 1.51. The fraction of sp³-hybridized carbons (Fsp3) is 0.0667. The summed E-state index contributed by atoms with van der Waals surface area (Å²) in [7, 11) is 0. The number of hydrogen-bond donors (Lipinski definition) is 4. The first kappa shape index (κ1) is 15.3. The molecule has 0 saturated heterocycles. The predicted molar refractivity (Wildman–Crippen MR) is 75.5 cm³/mol. The number of benzene rings is 1. The van der Waals surface area contributed by atoms with Crippen molar-refractivity contribution in [2.24, 2.45) is 0 Å². The molecule has 0 radical (unpaired) electrons. The second-order valence-electron chi connectivity index (χ2n) is 4.31. The highest BCUT2D eigenvalue weighted by Gasteiger charge is 2.25. The summed E-state index contributed by atoms with van der Waals surface area (Å²) in [5.74, 6) is -5.27. The van der Waals surface area contributed by atoms with Crippen molar-refractivity contribution in [1.29, 1.82) is 0 Å². The maximum Gasteiger partial charge on any atom is 0.270 e. The van der Waals surface area contributed by atoms with Crippen molar-refractivity contribution in [3.63, 3.8) is 0 Å². The molecule has 0 saturated carbocycles. The van der Waals surface area contributed by atoms with E-state index in [9.17, 15) is 24.9 Å². The molecule has 0 atom stereocenters. The average molecular weight is 304 g/mol. The molecule has 4 N–H and O–H groups in total. The van der Waals surface area contributed by atoms with Gasteiger partial charge in [0, 0.05) is 11.6 Å². The minimum Gasteiger partial charge on any atom is -0.504 e. The molecule has 114 valence electrons. The Morgan fingerprint density at radius 1 is 1.14 bits per heavy atom. The van der Waals surface area contributed by atoms with E-state index in [-0.39, 0.29) is 11.3 Å². The third-order valence-electron chi connectivity index (χ3n) is 2.82. The van der Waals surface area contributed by atoms with Gasteiger partial charge in [-0.3, -0.25) is 9.59 Å². The quantitative estimate of drug-likeness (QED) is 0.383. The standard InChI is InChI=1S/C15H12O7/c16-7-9-6-10(17)12(19)15(22-9)14(21)13(20)11(18)8-4-2-1-3-5-8/h1-6,16,18-20H,7H2. The Morgan fingerprint density at radius 3 is 2.36 bits per heavy atom. The number of carbonyl (C=O) groups is 1. The third-order valence-corrected chi connectivity index (χ3v) is 2.82. The summed E-state index contributed by atoms with van der Waals surface area (Å²) in [6.07, 6.45) is 0. The van der Waals surface area contributed by atoms with E-state index in [1.807, 2.05) is 0 Å². The summed E-state index contributed by atoms with van der Waals surface area (Å²) >= 11 is 0. The molecule has 1 heterocycles. The minimum absolute atomic E-state index is 0.161. The maximum atomic E-state index is 12.1. The van der Waals surface area contributed by atoms with Crippen LogP contribution in [0.3, 0.4) is 0 Å². The van der Waals surface area contributed by atoms with E-state index in [0.717, 1.165) is 6.07 Å². The van der Waals surface area contributed by atoms with E-state index in [1.165, 1.54) is 12.1 Å². The molecular formula is C15H12O7. The maximum absolute atomic E-state index is 12.1. The Morgan fingerprint density at radius 2 is 1.77 bits per heavy atom. The van der Waals surface area contributed by atoms with Crippen LogP contribution in [0, 0.1) is 0 Å². The number of allylic oxidation sites excluding steroid dienone is 1. The molecule has 0 aliphatic carbocycles. The molecule has 7 heteroatoms. The van der Waals surface area contributed by atoms with E-state index in [2.05, 4.69) is 0 Å². The van der Waals surface area contributed by atoms with Gasteiger partial charge in [0.2, 0.25) is 22.7 Å². The number of ketones is 1. The van der Waals surface area contributed by atoms with Gasteiger partial charge in [0.1, 0.15) is 12.4 Å². The van der Waals surface area contributed by atoms with Gasteiger partial charge in [-0.05, 0) is 0 Å². The lowest BCUT2D eigenvalue weighted by molar-refractivity contribution is 0.0934. The summed E-state index contributed by atoms with van der Waals surface area (Å²) < 4.78 is 4.85. The number of Topliss-reactive ketones (excluding diaryl/α,β-unsaturated/α-hetero) is 1. The summed E-state index contributed by atoms with van der Waals surface area (Å²) in [4.78, 5) is 23.5. The number of aliphatic hydroxyl groups excluding tert-OH is 3. The number of carbonyl (C=O) groups excluding carboxylic acids is 1. The molecule has 0 aliphatic heterocycles. The first-order valence-electron chi connectivity index (χ1n) is 6.15. The monoisotopic (exact) mass is 304 g/mol. The summed E-state index contributed by atoms with van der Waals surface area (Å²) in [6, 6.07) is 8.52. The molecule has 0 aliphatic rings. The van der Waals surface area contributed by atoms with Gasteiger partial charge in [-0.2, -0.15) is 0 Å². The normalized spacial score (nSPS) is 11.9. The van der Waals surface area contributed by atoms with Crippen LogP contribution in [0.15, 0.2) is 51.4 Å². The molecule has 0 bridgehead atoms. The largest absolute Gasteiger partial charge is 0.504 e. The summed E-state index contributed by atoms with van der Waals surface area (Å²) in [5.41, 5.74) is -0.792. The Labute approximate surface area is 124 Å². The van der Waals surface area contributed by atoms with Crippen LogP contribution in [0.25, 0.3) is 5.76 Å². The molecule has 2 rings (SSSR count). The van der Waals surface area contributed by atoms with Crippen LogP contribution in [0.1, 0.15) is 21.9 Å². The summed E-state index contributed by atoms with van der Waals surface area (Å²) in [5, 5.41) is 38.2. The van der Waals surface area contributed by atoms with E-state index >= 15 is 0 Å². The first-order valence-corrected chi connectivity index (χ1v) is 6.15. The van der Waals surface area contributed by atoms with Crippen molar-refractivity contribution in [1.82, 2.24) is 0 Å². The van der Waals surface area contributed by atoms with Gasteiger partial charge in [0.25, 0.3) is 5.78 Å². The lowest BCUT2D eigenvalue weighted by atomic mass is 10.1. The van der Waals surface area contributed by atoms with E-state index in [4.69, 9.17) is 9.52 Å². The highest BCUT2D eigenvalue weighted by molar-refractivity contribution is 6.10. The van der Waals surface area contributed by atoms with Crippen LogP contribution in [0.5, 0.6) is 5.75 Å². The van der Waals surface area contributed by atoms with Gasteiger partial charge in [-0.25, -0.2) is 0 Å². The van der Waals surface area contributed by atoms with Gasteiger partial charge < -0.3 is 24.8 Å². The molecule has 0 spiro atoms. The SMILES string of the molecule is O=C(C(O)=C(O)c1ccccc1)c1oc(CO)cc(=O)c1O. The second-order valence-corrected chi connectivity index (χ2v) is 4.31. The summed E-state index contributed by atoms with van der Waals surface area (Å²) in [6.45, 7) is -0.676. The van der Waals surface area contributed by atoms with E-state index in [0.29, 0.717) is 0 Å². The highest BCUT2D eigenvalue weighted by Crippen LogP contribution is 2.21. The van der Waals surface area contributed by atoms with Crippen LogP contribution in [0.2, 0.25) is 0 Å². The van der Waals surface area contributed by atoms with Gasteiger partial charge in [-0.15, -0.1) is 0 Å². The zero-order valence-corrected chi connectivity index (χ0v) is 11.2. The molecule has 0 unspecified atom stereocenters. The first-order chi connectivity index (χ1) is 10.5. The number of hydrogen-bond acceptors (Lipinski definition) is 7. The molecule has 2 aromatic rings. The molecule has 1 aromatic carbocycles. The molecular weight excluding hydrogens is 292 g/mol. The van der Waals surface area contributed by atoms with Crippen molar-refractivity contribution in [3.8, 4) is 5.75 Å². The van der Waals surface area contributed by atoms with Crippen LogP contribution in [-0.2, 0) is 6.61 Å². The highest BCUT2D eigenvalue weighted by atomic mass is 16.4. The van der Waals surface area contributed by atoms with Crippen LogP contribution in [-0.4, -0.2) is 26.2 Å². The Bertz CT molecular complexity index is 787. The number of aliphatic hydroxyl groups is 3.